The smallest absolute Gasteiger partial charge is 0.275 e. The lowest BCUT2D eigenvalue weighted by Crippen LogP contribution is -2.09. The number of rotatable bonds is 8. The van der Waals surface area contributed by atoms with E-state index in [0.29, 0.717) is 11.4 Å². The number of para-hydroxylation sites is 1. The first-order valence-corrected chi connectivity index (χ1v) is 10.8. The van der Waals surface area contributed by atoms with Gasteiger partial charge in [-0.2, -0.15) is 0 Å². The highest BCUT2D eigenvalue weighted by atomic mass is 32.1. The van der Waals surface area contributed by atoms with Crippen molar-refractivity contribution in [2.24, 2.45) is 0 Å². The van der Waals surface area contributed by atoms with Crippen LogP contribution in [-0.2, 0) is 0 Å². The maximum absolute atomic E-state index is 13.6. The molecule has 2 aromatic carbocycles. The first-order chi connectivity index (χ1) is 15.5. The van der Waals surface area contributed by atoms with Crippen molar-refractivity contribution < 1.29 is 17.9 Å². The average molecular weight is 456 g/mol. The normalized spacial score (nSPS) is 13.0. The molecule has 0 fully saturated rings. The fraction of sp³-hybridized carbons (Fsp3) is 0.167. The van der Waals surface area contributed by atoms with Gasteiger partial charge in [-0.05, 0) is 43.3 Å². The minimum absolute atomic E-state index is 0.219. The van der Waals surface area contributed by atoms with Crippen LogP contribution < -0.4 is 10.1 Å². The molecule has 1 N–H and O–H groups in total. The summed E-state index contributed by atoms with van der Waals surface area (Å²) in [6.07, 6.45) is -4.22. The summed E-state index contributed by atoms with van der Waals surface area (Å²) in [5.74, 6) is 1.46. The van der Waals surface area contributed by atoms with E-state index >= 15 is 0 Å². The molecule has 0 bridgehead atoms. The van der Waals surface area contributed by atoms with E-state index in [-0.39, 0.29) is 11.7 Å². The molecule has 4 nitrogen and oxygen atoms in total. The van der Waals surface area contributed by atoms with Crippen LogP contribution in [0.15, 0.2) is 78.3 Å². The molecular formula is C24H20F3N3OS. The molecule has 0 aliphatic heterocycles. The molecule has 2 unspecified atom stereocenters. The lowest BCUT2D eigenvalue weighted by molar-refractivity contribution is 0.0473. The predicted molar refractivity (Wildman–Crippen MR) is 120 cm³/mol. The third-order valence-electron chi connectivity index (χ3n) is 4.69. The quantitative estimate of drug-likeness (QED) is 0.300. The van der Waals surface area contributed by atoms with Crippen molar-refractivity contribution in [1.82, 2.24) is 9.97 Å². The van der Waals surface area contributed by atoms with Gasteiger partial charge in [0.25, 0.3) is 6.43 Å². The average Bonchev–Trinajstić information content (AvgIpc) is 3.30. The van der Waals surface area contributed by atoms with Crippen LogP contribution in [0.25, 0.3) is 10.6 Å². The maximum atomic E-state index is 13.6. The van der Waals surface area contributed by atoms with Crippen LogP contribution in [0.3, 0.4) is 0 Å². The third-order valence-corrected chi connectivity index (χ3v) is 5.60. The molecule has 0 aliphatic carbocycles. The summed E-state index contributed by atoms with van der Waals surface area (Å²) < 4.78 is 44.8. The van der Waals surface area contributed by atoms with Gasteiger partial charge in [0, 0.05) is 22.8 Å². The number of benzene rings is 2. The molecule has 0 saturated carbocycles. The van der Waals surface area contributed by atoms with Gasteiger partial charge < -0.3 is 10.1 Å². The number of thiazole rings is 1. The zero-order valence-corrected chi connectivity index (χ0v) is 17.9. The van der Waals surface area contributed by atoms with Crippen molar-refractivity contribution in [1.29, 1.82) is 0 Å². The highest BCUT2D eigenvalue weighted by molar-refractivity contribution is 7.13. The van der Waals surface area contributed by atoms with E-state index in [1.54, 1.807) is 6.07 Å². The molecule has 0 spiro atoms. The molecule has 4 aromatic rings. The van der Waals surface area contributed by atoms with Crippen molar-refractivity contribution in [3.05, 3.63) is 89.7 Å². The Balaban J connectivity index is 1.47. The second-order valence-electron chi connectivity index (χ2n) is 7.09. The summed E-state index contributed by atoms with van der Waals surface area (Å²) in [4.78, 5) is 8.40. The maximum Gasteiger partial charge on any atom is 0.275 e. The summed E-state index contributed by atoms with van der Waals surface area (Å²) >= 11 is 1.49. The van der Waals surface area contributed by atoms with Crippen LogP contribution in [0.1, 0.15) is 30.5 Å². The summed E-state index contributed by atoms with van der Waals surface area (Å²) in [7, 11) is 0. The number of ether oxygens (including phenoxy) is 1. The standard InChI is InChI=1S/C24H20F3N3OS/c1-15(29-17-10-11-28-20(13-17)22(25)23(26)27)21-14-32-24(30-21)16-6-5-9-19(12-16)31-18-7-3-2-4-8-18/h2-15,22-23H,1H3,(H,28,29). The Bertz CT molecular complexity index is 1170. The molecule has 8 heteroatoms. The summed E-state index contributed by atoms with van der Waals surface area (Å²) in [6, 6.07) is 19.9. The Labute approximate surface area is 187 Å². The van der Waals surface area contributed by atoms with Gasteiger partial charge in [0.1, 0.15) is 16.5 Å². The van der Waals surface area contributed by atoms with Crippen molar-refractivity contribution in [2.75, 3.05) is 5.32 Å². The number of aromatic nitrogens is 2. The van der Waals surface area contributed by atoms with Gasteiger partial charge in [-0.25, -0.2) is 18.2 Å². The summed E-state index contributed by atoms with van der Waals surface area (Å²) in [5, 5.41) is 5.92. The minimum Gasteiger partial charge on any atom is -0.457 e. The Hall–Kier alpha value is -3.39. The highest BCUT2D eigenvalue weighted by Crippen LogP contribution is 2.32. The highest BCUT2D eigenvalue weighted by Gasteiger charge is 2.23. The van der Waals surface area contributed by atoms with Crippen LogP contribution >= 0.6 is 11.3 Å². The lowest BCUT2D eigenvalue weighted by atomic mass is 10.2. The number of nitrogens with one attached hydrogen (secondary N) is 1. The largest absolute Gasteiger partial charge is 0.457 e. The van der Waals surface area contributed by atoms with Gasteiger partial charge in [0.05, 0.1) is 17.4 Å². The van der Waals surface area contributed by atoms with E-state index < -0.39 is 12.6 Å². The Morgan fingerprint density at radius 3 is 2.47 bits per heavy atom. The summed E-state index contributed by atoms with van der Waals surface area (Å²) in [5.41, 5.74) is 1.90. The zero-order valence-electron chi connectivity index (χ0n) is 17.1. The number of hydrogen-bond donors (Lipinski definition) is 1. The van der Waals surface area contributed by atoms with Gasteiger partial charge in [0.2, 0.25) is 6.17 Å². The van der Waals surface area contributed by atoms with Crippen molar-refractivity contribution in [3.8, 4) is 22.1 Å². The number of alkyl halides is 3. The molecule has 0 saturated heterocycles. The van der Waals surface area contributed by atoms with Crippen molar-refractivity contribution >= 4 is 17.0 Å². The number of halogens is 3. The fourth-order valence-electron chi connectivity index (χ4n) is 3.08. The molecule has 2 aromatic heterocycles. The topological polar surface area (TPSA) is 47.0 Å². The zero-order chi connectivity index (χ0) is 22.5. The molecule has 4 rings (SSSR count). The minimum atomic E-state index is -3.11. The van der Waals surface area contributed by atoms with E-state index in [1.807, 2.05) is 66.9 Å². The molecule has 2 heterocycles. The first kappa shape index (κ1) is 21.8. The SMILES string of the molecule is CC(Nc1ccnc(C(F)C(F)F)c1)c1csc(-c2cccc(Oc3ccccc3)c2)n1. The Morgan fingerprint density at radius 2 is 1.69 bits per heavy atom. The second kappa shape index (κ2) is 9.82. The van der Waals surface area contributed by atoms with E-state index in [9.17, 15) is 13.2 Å². The van der Waals surface area contributed by atoms with Gasteiger partial charge in [-0.3, -0.25) is 4.98 Å². The summed E-state index contributed by atoms with van der Waals surface area (Å²) in [6.45, 7) is 1.90. The predicted octanol–water partition coefficient (Wildman–Crippen LogP) is 7.45. The Kier molecular flexibility index (Phi) is 6.70. The van der Waals surface area contributed by atoms with Crippen LogP contribution in [0.4, 0.5) is 18.9 Å². The molecule has 164 valence electrons. The third kappa shape index (κ3) is 5.26. The number of hydrogen-bond acceptors (Lipinski definition) is 5. The van der Waals surface area contributed by atoms with E-state index in [0.717, 1.165) is 22.0 Å². The lowest BCUT2D eigenvalue weighted by Gasteiger charge is -2.14. The van der Waals surface area contributed by atoms with Crippen LogP contribution in [0, 0.1) is 0 Å². The van der Waals surface area contributed by atoms with Gasteiger partial charge in [-0.15, -0.1) is 11.3 Å². The molecule has 32 heavy (non-hydrogen) atoms. The van der Waals surface area contributed by atoms with E-state index in [4.69, 9.17) is 9.72 Å². The number of anilines is 1. The fourth-order valence-corrected chi connectivity index (χ4v) is 3.99. The monoisotopic (exact) mass is 455 g/mol. The van der Waals surface area contributed by atoms with Gasteiger partial charge >= 0.3 is 0 Å². The van der Waals surface area contributed by atoms with Gasteiger partial charge in [0.15, 0.2) is 0 Å². The van der Waals surface area contributed by atoms with Crippen LogP contribution in [0.5, 0.6) is 11.5 Å². The molecule has 0 aliphatic rings. The van der Waals surface area contributed by atoms with Crippen molar-refractivity contribution in [2.45, 2.75) is 25.6 Å². The van der Waals surface area contributed by atoms with Crippen LogP contribution in [0.2, 0.25) is 0 Å². The number of pyridine rings is 1. The van der Waals surface area contributed by atoms with E-state index in [1.165, 1.54) is 23.6 Å². The molecule has 2 atom stereocenters. The van der Waals surface area contributed by atoms with Crippen molar-refractivity contribution in [3.63, 3.8) is 0 Å². The van der Waals surface area contributed by atoms with E-state index in [2.05, 4.69) is 10.3 Å². The first-order valence-electron chi connectivity index (χ1n) is 9.93. The van der Waals surface area contributed by atoms with Gasteiger partial charge in [-0.1, -0.05) is 30.3 Å². The van der Waals surface area contributed by atoms with Crippen LogP contribution in [-0.4, -0.2) is 16.4 Å². The number of nitrogens with zero attached hydrogens (tertiary/aromatic N) is 2. The molecular weight excluding hydrogens is 435 g/mol. The molecule has 0 radical (unpaired) electrons. The Morgan fingerprint density at radius 1 is 0.906 bits per heavy atom. The molecule has 0 amide bonds. The second-order valence-corrected chi connectivity index (χ2v) is 7.95.